The Morgan fingerprint density at radius 2 is 1.95 bits per heavy atom. The summed E-state index contributed by atoms with van der Waals surface area (Å²) in [4.78, 5) is 11.4. The molecule has 0 aliphatic rings. The number of hydrogen-bond donors (Lipinski definition) is 0. The van der Waals surface area contributed by atoms with Crippen LogP contribution in [0, 0.1) is 0 Å². The first-order chi connectivity index (χ1) is 10.7. The Morgan fingerprint density at radius 1 is 1.18 bits per heavy atom. The summed E-state index contributed by atoms with van der Waals surface area (Å²) in [5.41, 5.74) is 2.94. The van der Waals surface area contributed by atoms with Crippen LogP contribution in [0.15, 0.2) is 59.2 Å². The van der Waals surface area contributed by atoms with Crippen LogP contribution in [-0.4, -0.2) is 23.2 Å². The highest BCUT2D eigenvalue weighted by Crippen LogP contribution is 2.31. The third kappa shape index (κ3) is 2.67. The molecule has 0 atom stereocenters. The topological polar surface area (TPSA) is 44.1 Å². The van der Waals surface area contributed by atoms with Crippen molar-refractivity contribution in [1.29, 1.82) is 0 Å². The van der Waals surface area contributed by atoms with Crippen molar-refractivity contribution in [2.75, 3.05) is 7.11 Å². The van der Waals surface area contributed by atoms with Crippen molar-refractivity contribution in [2.45, 2.75) is 0 Å². The average molecular weight is 357 g/mol. The molecule has 22 heavy (non-hydrogen) atoms. The fraction of sp³-hybridized carbons (Fsp3) is 0.0588. The van der Waals surface area contributed by atoms with Crippen molar-refractivity contribution >= 4 is 22.2 Å². The molecule has 0 fully saturated rings. The summed E-state index contributed by atoms with van der Waals surface area (Å²) in [6.07, 6.45) is 2.55. The van der Waals surface area contributed by atoms with Crippen LogP contribution in [0.2, 0.25) is 0 Å². The molecule has 0 saturated heterocycles. The van der Waals surface area contributed by atoms with E-state index in [1.807, 2.05) is 48.5 Å². The van der Waals surface area contributed by atoms with E-state index < -0.39 is 0 Å². The maximum absolute atomic E-state index is 11.4. The van der Waals surface area contributed by atoms with Crippen LogP contribution in [0.25, 0.3) is 16.9 Å². The van der Waals surface area contributed by atoms with Gasteiger partial charge in [0.1, 0.15) is 11.4 Å². The lowest BCUT2D eigenvalue weighted by Crippen LogP contribution is -1.94. The summed E-state index contributed by atoms with van der Waals surface area (Å²) in [6.45, 7) is 0. The molecule has 0 unspecified atom stereocenters. The molecular weight excluding hydrogens is 344 g/mol. The van der Waals surface area contributed by atoms with Gasteiger partial charge in [0.05, 0.1) is 22.8 Å². The SMILES string of the molecule is COc1ccc(-c2nn(-c3ccccc3)cc2C=O)cc1Br. The highest BCUT2D eigenvalue weighted by Gasteiger charge is 2.13. The largest absolute Gasteiger partial charge is 0.496 e. The molecule has 1 heterocycles. The van der Waals surface area contributed by atoms with Crippen LogP contribution in [0.3, 0.4) is 0 Å². The Balaban J connectivity index is 2.09. The Labute approximate surface area is 136 Å². The number of rotatable bonds is 4. The van der Waals surface area contributed by atoms with E-state index in [2.05, 4.69) is 21.0 Å². The third-order valence-electron chi connectivity index (χ3n) is 3.32. The lowest BCUT2D eigenvalue weighted by molar-refractivity contribution is 0.112. The molecule has 3 rings (SSSR count). The van der Waals surface area contributed by atoms with Gasteiger partial charge in [-0.15, -0.1) is 0 Å². The number of methoxy groups -OCH3 is 1. The number of para-hydroxylation sites is 1. The first-order valence-electron chi connectivity index (χ1n) is 6.67. The van der Waals surface area contributed by atoms with Crippen LogP contribution >= 0.6 is 15.9 Å². The van der Waals surface area contributed by atoms with Crippen molar-refractivity contribution in [2.24, 2.45) is 0 Å². The van der Waals surface area contributed by atoms with Gasteiger partial charge in [0.15, 0.2) is 6.29 Å². The summed E-state index contributed by atoms with van der Waals surface area (Å²) < 4.78 is 7.75. The van der Waals surface area contributed by atoms with E-state index in [1.54, 1.807) is 18.0 Å². The molecule has 5 heteroatoms. The first kappa shape index (κ1) is 14.5. The molecule has 0 spiro atoms. The van der Waals surface area contributed by atoms with E-state index >= 15 is 0 Å². The van der Waals surface area contributed by atoms with Gasteiger partial charge in [-0.05, 0) is 46.3 Å². The van der Waals surface area contributed by atoms with Crippen LogP contribution in [0.4, 0.5) is 0 Å². The Hall–Kier alpha value is -2.40. The zero-order chi connectivity index (χ0) is 15.5. The second-order valence-electron chi connectivity index (χ2n) is 4.68. The molecule has 0 radical (unpaired) electrons. The molecule has 0 amide bonds. The molecule has 0 saturated carbocycles. The zero-order valence-electron chi connectivity index (χ0n) is 11.9. The number of hydrogen-bond acceptors (Lipinski definition) is 3. The summed E-state index contributed by atoms with van der Waals surface area (Å²) in [7, 11) is 1.61. The van der Waals surface area contributed by atoms with Gasteiger partial charge in [0.2, 0.25) is 0 Å². The number of aromatic nitrogens is 2. The number of benzene rings is 2. The van der Waals surface area contributed by atoms with E-state index in [1.165, 1.54) is 0 Å². The standard InChI is InChI=1S/C17H13BrN2O2/c1-22-16-8-7-12(9-15(16)18)17-13(11-21)10-20(19-17)14-5-3-2-4-6-14/h2-11H,1H3. The van der Waals surface area contributed by atoms with Crippen molar-refractivity contribution in [3.63, 3.8) is 0 Å². The summed E-state index contributed by atoms with van der Waals surface area (Å²) in [6, 6.07) is 15.3. The average Bonchev–Trinajstić information content (AvgIpc) is 3.00. The van der Waals surface area contributed by atoms with Gasteiger partial charge in [-0.2, -0.15) is 5.10 Å². The van der Waals surface area contributed by atoms with E-state index in [0.717, 1.165) is 27.8 Å². The molecule has 0 aliphatic heterocycles. The highest BCUT2D eigenvalue weighted by atomic mass is 79.9. The smallest absolute Gasteiger partial charge is 0.153 e. The van der Waals surface area contributed by atoms with Gasteiger partial charge in [-0.3, -0.25) is 4.79 Å². The van der Waals surface area contributed by atoms with Gasteiger partial charge >= 0.3 is 0 Å². The van der Waals surface area contributed by atoms with Crippen molar-refractivity contribution in [3.8, 4) is 22.7 Å². The van der Waals surface area contributed by atoms with Gasteiger partial charge in [0.25, 0.3) is 0 Å². The summed E-state index contributed by atoms with van der Waals surface area (Å²) in [5, 5.41) is 4.54. The summed E-state index contributed by atoms with van der Waals surface area (Å²) in [5.74, 6) is 0.735. The van der Waals surface area contributed by atoms with Gasteiger partial charge in [0, 0.05) is 11.8 Å². The fourth-order valence-electron chi connectivity index (χ4n) is 2.22. The maximum Gasteiger partial charge on any atom is 0.153 e. The van der Waals surface area contributed by atoms with Crippen LogP contribution in [0.1, 0.15) is 10.4 Å². The number of ether oxygens (including phenoxy) is 1. The second-order valence-corrected chi connectivity index (χ2v) is 5.53. The normalized spacial score (nSPS) is 10.5. The molecule has 1 aromatic heterocycles. The highest BCUT2D eigenvalue weighted by molar-refractivity contribution is 9.10. The number of carbonyl (C=O) groups excluding carboxylic acids is 1. The minimum Gasteiger partial charge on any atom is -0.496 e. The second kappa shape index (κ2) is 6.15. The molecule has 4 nitrogen and oxygen atoms in total. The van der Waals surface area contributed by atoms with E-state index in [0.29, 0.717) is 11.3 Å². The lowest BCUT2D eigenvalue weighted by atomic mass is 10.1. The first-order valence-corrected chi connectivity index (χ1v) is 7.46. The molecule has 2 aromatic carbocycles. The predicted octanol–water partition coefficient (Wildman–Crippen LogP) is 4.12. The van der Waals surface area contributed by atoms with Gasteiger partial charge in [-0.1, -0.05) is 18.2 Å². The minimum atomic E-state index is 0.543. The van der Waals surface area contributed by atoms with Crippen molar-refractivity contribution < 1.29 is 9.53 Å². The van der Waals surface area contributed by atoms with Gasteiger partial charge < -0.3 is 4.74 Å². The Bertz CT molecular complexity index is 813. The monoisotopic (exact) mass is 356 g/mol. The van der Waals surface area contributed by atoms with E-state index in [-0.39, 0.29) is 0 Å². The van der Waals surface area contributed by atoms with Crippen LogP contribution < -0.4 is 4.74 Å². The van der Waals surface area contributed by atoms with Crippen molar-refractivity contribution in [3.05, 3.63) is 64.8 Å². The molecular formula is C17H13BrN2O2. The summed E-state index contributed by atoms with van der Waals surface area (Å²) >= 11 is 3.45. The van der Waals surface area contributed by atoms with E-state index in [4.69, 9.17) is 4.74 Å². The molecule has 110 valence electrons. The number of carbonyl (C=O) groups is 1. The molecule has 0 N–H and O–H groups in total. The number of halogens is 1. The maximum atomic E-state index is 11.4. The van der Waals surface area contributed by atoms with Gasteiger partial charge in [-0.25, -0.2) is 4.68 Å². The van der Waals surface area contributed by atoms with Crippen LogP contribution in [0.5, 0.6) is 5.75 Å². The molecule has 0 aliphatic carbocycles. The zero-order valence-corrected chi connectivity index (χ0v) is 13.4. The number of nitrogens with zero attached hydrogens (tertiary/aromatic N) is 2. The third-order valence-corrected chi connectivity index (χ3v) is 3.94. The number of aldehydes is 1. The molecule has 0 bridgehead atoms. The van der Waals surface area contributed by atoms with Crippen molar-refractivity contribution in [1.82, 2.24) is 9.78 Å². The van der Waals surface area contributed by atoms with Crippen LogP contribution in [-0.2, 0) is 0 Å². The fourth-order valence-corrected chi connectivity index (χ4v) is 2.77. The Kier molecular flexibility index (Phi) is 4.06. The quantitative estimate of drug-likeness (QED) is 0.660. The Morgan fingerprint density at radius 3 is 2.59 bits per heavy atom. The minimum absolute atomic E-state index is 0.543. The predicted molar refractivity (Wildman–Crippen MR) is 88.6 cm³/mol. The lowest BCUT2D eigenvalue weighted by Gasteiger charge is -2.05. The van der Waals surface area contributed by atoms with E-state index in [9.17, 15) is 4.79 Å². The molecule has 3 aromatic rings.